The van der Waals surface area contributed by atoms with Gasteiger partial charge >= 0.3 is 0 Å². The molecule has 4 rings (SSSR count). The van der Waals surface area contributed by atoms with Gasteiger partial charge in [-0.05, 0) is 73.8 Å². The number of rotatable bonds is 4. The van der Waals surface area contributed by atoms with Gasteiger partial charge in [0.05, 0.1) is 0 Å². The maximum atomic E-state index is 13.0. The van der Waals surface area contributed by atoms with Gasteiger partial charge in [-0.2, -0.15) is 0 Å². The number of nitrogens with zero attached hydrogens (tertiary/aromatic N) is 3. The van der Waals surface area contributed by atoms with Crippen LogP contribution in [0.15, 0.2) is 42.6 Å². The molecule has 1 aliphatic rings. The second kappa shape index (κ2) is 7.25. The van der Waals surface area contributed by atoms with Crippen LogP contribution in [0, 0.1) is 5.82 Å². The van der Waals surface area contributed by atoms with Crippen LogP contribution in [0.5, 0.6) is 0 Å². The molecule has 1 saturated heterocycles. The van der Waals surface area contributed by atoms with E-state index in [1.165, 1.54) is 29.0 Å². The van der Waals surface area contributed by atoms with Gasteiger partial charge in [0.1, 0.15) is 16.6 Å². The van der Waals surface area contributed by atoms with Crippen LogP contribution in [0.2, 0.25) is 0 Å². The lowest BCUT2D eigenvalue weighted by molar-refractivity contribution is 0.460. The van der Waals surface area contributed by atoms with Crippen LogP contribution in [0.4, 0.5) is 15.3 Å². The van der Waals surface area contributed by atoms with Crippen molar-refractivity contribution in [3.8, 4) is 10.6 Å². The number of piperidine rings is 1. The normalized spacial score (nSPS) is 15.2. The summed E-state index contributed by atoms with van der Waals surface area (Å²) in [7, 11) is 0. The van der Waals surface area contributed by atoms with E-state index in [1.807, 2.05) is 6.20 Å². The van der Waals surface area contributed by atoms with E-state index in [2.05, 4.69) is 37.9 Å². The predicted molar refractivity (Wildman–Crippen MR) is 97.7 cm³/mol. The maximum Gasteiger partial charge on any atom is 0.211 e. The monoisotopic (exact) mass is 355 g/mol. The van der Waals surface area contributed by atoms with E-state index in [0.29, 0.717) is 11.0 Å². The Balaban J connectivity index is 1.50. The fourth-order valence-corrected chi connectivity index (χ4v) is 3.77. The highest BCUT2D eigenvalue weighted by molar-refractivity contribution is 7.18. The van der Waals surface area contributed by atoms with Gasteiger partial charge in [-0.15, -0.1) is 10.2 Å². The first-order valence-electron chi connectivity index (χ1n) is 8.31. The molecule has 3 heterocycles. The highest BCUT2D eigenvalue weighted by atomic mass is 32.1. The molecule has 1 aliphatic heterocycles. The largest absolute Gasteiger partial charge is 0.317 e. The second-order valence-electron chi connectivity index (χ2n) is 6.04. The van der Waals surface area contributed by atoms with Crippen LogP contribution < -0.4 is 10.6 Å². The topological polar surface area (TPSA) is 62.7 Å². The average Bonchev–Trinajstić information content (AvgIpc) is 3.12. The van der Waals surface area contributed by atoms with Gasteiger partial charge in [-0.1, -0.05) is 11.3 Å². The number of hydrogen-bond donors (Lipinski definition) is 2. The van der Waals surface area contributed by atoms with Gasteiger partial charge in [0.2, 0.25) is 5.13 Å². The lowest BCUT2D eigenvalue weighted by atomic mass is 9.91. The summed E-state index contributed by atoms with van der Waals surface area (Å²) in [5, 5.41) is 16.4. The lowest BCUT2D eigenvalue weighted by Gasteiger charge is -2.23. The third-order valence-corrected chi connectivity index (χ3v) is 5.23. The zero-order valence-electron chi connectivity index (χ0n) is 13.6. The van der Waals surface area contributed by atoms with Crippen molar-refractivity contribution in [2.24, 2.45) is 0 Å². The first kappa shape index (κ1) is 16.1. The van der Waals surface area contributed by atoms with Crippen LogP contribution in [-0.4, -0.2) is 28.3 Å². The van der Waals surface area contributed by atoms with Crippen molar-refractivity contribution in [1.82, 2.24) is 20.5 Å². The first-order valence-corrected chi connectivity index (χ1v) is 9.13. The fourth-order valence-electron chi connectivity index (χ4n) is 3.02. The van der Waals surface area contributed by atoms with Gasteiger partial charge in [-0.25, -0.2) is 9.37 Å². The lowest BCUT2D eigenvalue weighted by Crippen LogP contribution is -2.26. The third-order valence-electron chi connectivity index (χ3n) is 4.35. The molecule has 0 unspecified atom stereocenters. The van der Waals surface area contributed by atoms with E-state index < -0.39 is 0 Å². The third kappa shape index (κ3) is 3.83. The van der Waals surface area contributed by atoms with E-state index in [4.69, 9.17) is 0 Å². The molecule has 25 heavy (non-hydrogen) atoms. The standard InChI is InChI=1S/C18H18FN5S/c19-15-3-1-13(2-4-15)17-23-24-18(25-17)22-16-11-14(7-10-21-16)12-5-8-20-9-6-12/h1-4,7,10-12,20H,5-6,8-9H2,(H,21,22,24). The van der Waals surface area contributed by atoms with E-state index >= 15 is 0 Å². The molecule has 1 aromatic carbocycles. The number of benzene rings is 1. The first-order chi connectivity index (χ1) is 12.3. The minimum absolute atomic E-state index is 0.259. The molecule has 0 spiro atoms. The Hall–Kier alpha value is -2.38. The van der Waals surface area contributed by atoms with E-state index in [1.54, 1.807) is 12.1 Å². The molecular weight excluding hydrogens is 337 g/mol. The minimum atomic E-state index is -0.259. The zero-order chi connectivity index (χ0) is 17.1. The molecular formula is C18H18FN5S. The summed E-state index contributed by atoms with van der Waals surface area (Å²) >= 11 is 1.42. The molecule has 1 fully saturated rings. The van der Waals surface area contributed by atoms with E-state index in [-0.39, 0.29) is 5.82 Å². The van der Waals surface area contributed by atoms with Crippen LogP contribution >= 0.6 is 11.3 Å². The van der Waals surface area contributed by atoms with Crippen LogP contribution in [0.1, 0.15) is 24.3 Å². The second-order valence-corrected chi connectivity index (χ2v) is 7.02. The van der Waals surface area contributed by atoms with Crippen LogP contribution in [-0.2, 0) is 0 Å². The Bertz CT molecular complexity index is 843. The zero-order valence-corrected chi connectivity index (χ0v) is 14.4. The van der Waals surface area contributed by atoms with Gasteiger partial charge in [0.15, 0.2) is 0 Å². The van der Waals surface area contributed by atoms with Crippen molar-refractivity contribution >= 4 is 22.3 Å². The SMILES string of the molecule is Fc1ccc(-c2nnc(Nc3cc(C4CCNCC4)ccn3)s2)cc1. The number of pyridine rings is 1. The molecule has 3 aromatic rings. The van der Waals surface area contributed by atoms with Gasteiger partial charge < -0.3 is 10.6 Å². The van der Waals surface area contributed by atoms with Crippen molar-refractivity contribution in [1.29, 1.82) is 0 Å². The molecule has 2 N–H and O–H groups in total. The smallest absolute Gasteiger partial charge is 0.211 e. The summed E-state index contributed by atoms with van der Waals surface area (Å²) in [6, 6.07) is 10.4. The molecule has 128 valence electrons. The molecule has 0 radical (unpaired) electrons. The Morgan fingerprint density at radius 1 is 1.08 bits per heavy atom. The van der Waals surface area contributed by atoms with Crippen LogP contribution in [0.25, 0.3) is 10.6 Å². The Morgan fingerprint density at radius 3 is 2.68 bits per heavy atom. The summed E-state index contributed by atoms with van der Waals surface area (Å²) in [5.74, 6) is 1.09. The molecule has 0 aliphatic carbocycles. The Kier molecular flexibility index (Phi) is 4.67. The van der Waals surface area contributed by atoms with Crippen molar-refractivity contribution in [3.63, 3.8) is 0 Å². The molecule has 0 amide bonds. The van der Waals surface area contributed by atoms with E-state index in [0.717, 1.165) is 42.3 Å². The minimum Gasteiger partial charge on any atom is -0.317 e. The molecule has 0 atom stereocenters. The molecule has 2 aromatic heterocycles. The number of hydrogen-bond acceptors (Lipinski definition) is 6. The Labute approximate surface area is 149 Å². The summed E-state index contributed by atoms with van der Waals surface area (Å²) in [4.78, 5) is 4.39. The predicted octanol–water partition coefficient (Wildman–Crippen LogP) is 3.95. The quantitative estimate of drug-likeness (QED) is 0.742. The highest BCUT2D eigenvalue weighted by Gasteiger charge is 2.16. The molecule has 0 bridgehead atoms. The molecule has 0 saturated carbocycles. The summed E-state index contributed by atoms with van der Waals surface area (Å²) < 4.78 is 13.0. The summed E-state index contributed by atoms with van der Waals surface area (Å²) in [6.45, 7) is 2.13. The maximum absolute atomic E-state index is 13.0. The van der Waals surface area contributed by atoms with Gasteiger partial charge in [0, 0.05) is 11.8 Å². The van der Waals surface area contributed by atoms with Crippen molar-refractivity contribution < 1.29 is 4.39 Å². The fraction of sp³-hybridized carbons (Fsp3) is 0.278. The average molecular weight is 355 g/mol. The van der Waals surface area contributed by atoms with Crippen LogP contribution in [0.3, 0.4) is 0 Å². The number of halogens is 1. The summed E-state index contributed by atoms with van der Waals surface area (Å²) in [6.07, 6.45) is 4.13. The van der Waals surface area contributed by atoms with Crippen molar-refractivity contribution in [2.45, 2.75) is 18.8 Å². The van der Waals surface area contributed by atoms with Crippen molar-refractivity contribution in [3.05, 3.63) is 54.0 Å². The number of aromatic nitrogens is 3. The van der Waals surface area contributed by atoms with Gasteiger partial charge in [-0.3, -0.25) is 0 Å². The summed E-state index contributed by atoms with van der Waals surface area (Å²) in [5.41, 5.74) is 2.16. The van der Waals surface area contributed by atoms with Gasteiger partial charge in [0.25, 0.3) is 0 Å². The molecule has 5 nitrogen and oxygen atoms in total. The van der Waals surface area contributed by atoms with Crippen molar-refractivity contribution in [2.75, 3.05) is 18.4 Å². The van der Waals surface area contributed by atoms with E-state index in [9.17, 15) is 4.39 Å². The Morgan fingerprint density at radius 2 is 1.88 bits per heavy atom. The number of anilines is 2. The molecule has 7 heteroatoms. The highest BCUT2D eigenvalue weighted by Crippen LogP contribution is 2.30. The number of nitrogens with one attached hydrogen (secondary N) is 2.